The topological polar surface area (TPSA) is 32.3 Å². The number of amides is 1. The van der Waals surface area contributed by atoms with Gasteiger partial charge in [-0.25, -0.2) is 0 Å². The molecule has 3 nitrogen and oxygen atoms in total. The second-order valence-corrected chi connectivity index (χ2v) is 5.39. The molecule has 0 aliphatic carbocycles. The molecule has 0 bridgehead atoms. The van der Waals surface area contributed by atoms with Crippen LogP contribution in [0.1, 0.15) is 6.92 Å². The van der Waals surface area contributed by atoms with Gasteiger partial charge < -0.3 is 10.2 Å². The number of carbonyl (C=O) groups is 1. The van der Waals surface area contributed by atoms with Crippen LogP contribution in [0.25, 0.3) is 0 Å². The average molecular weight is 222 g/mol. The molecule has 0 unspecified atom stereocenters. The van der Waals surface area contributed by atoms with Gasteiger partial charge in [0.15, 0.2) is 0 Å². The molecule has 0 aromatic carbocycles. The van der Waals surface area contributed by atoms with Gasteiger partial charge in [-0.3, -0.25) is 4.79 Å². The third-order valence-electron chi connectivity index (χ3n) is 1.57. The van der Waals surface area contributed by atoms with E-state index in [4.69, 9.17) is 0 Å². The third kappa shape index (κ3) is 8.46. The molecule has 0 saturated carbocycles. The lowest BCUT2D eigenvalue weighted by Gasteiger charge is -2.13. The maximum atomic E-state index is 10.8. The van der Waals surface area contributed by atoms with Crippen LogP contribution in [-0.2, 0) is 4.79 Å². The Morgan fingerprint density at radius 3 is 2.54 bits per heavy atom. The Kier molecular flexibility index (Phi) is 8.80. The summed E-state index contributed by atoms with van der Waals surface area (Å²) in [5.74, 6) is 2.26. The van der Waals surface area contributed by atoms with E-state index in [0.717, 1.165) is 24.6 Å². The van der Waals surface area contributed by atoms with Gasteiger partial charge in [0, 0.05) is 38.6 Å². The molecule has 1 amide bonds. The number of hydrogen-bond donors (Lipinski definition) is 1. The molecule has 0 spiro atoms. The molecule has 0 aliphatic heterocycles. The number of carbonyl (C=O) groups excluding carboxylic acids is 1. The lowest BCUT2D eigenvalue weighted by atomic mass is 10.5. The van der Waals surface area contributed by atoms with Crippen molar-refractivity contribution in [1.29, 1.82) is 0 Å². The number of nitrogens with zero attached hydrogens (tertiary/aromatic N) is 1. The standard InChI is InChI=1S/C8H18N2OS2/c1-8(11)10(3)5-7-13-12-6-4-9-2/h9H,4-7H2,1-3H3. The normalized spacial score (nSPS) is 10.1. The fraction of sp³-hybridized carbons (Fsp3) is 0.875. The molecule has 0 radical (unpaired) electrons. The van der Waals surface area contributed by atoms with E-state index in [0.29, 0.717) is 0 Å². The minimum atomic E-state index is 0.140. The summed E-state index contributed by atoms with van der Waals surface area (Å²) in [6, 6.07) is 0. The minimum absolute atomic E-state index is 0.140. The van der Waals surface area contributed by atoms with E-state index in [9.17, 15) is 4.79 Å². The fourth-order valence-electron chi connectivity index (χ4n) is 0.593. The fourth-order valence-corrected chi connectivity index (χ4v) is 2.65. The van der Waals surface area contributed by atoms with Gasteiger partial charge in [-0.2, -0.15) is 0 Å². The highest BCUT2D eigenvalue weighted by atomic mass is 33.1. The van der Waals surface area contributed by atoms with Crippen LogP contribution in [0.4, 0.5) is 0 Å². The first kappa shape index (κ1) is 13.1. The molecular formula is C8H18N2OS2. The Balaban J connectivity index is 3.11. The van der Waals surface area contributed by atoms with Crippen LogP contribution in [0.2, 0.25) is 0 Å². The van der Waals surface area contributed by atoms with E-state index in [1.165, 1.54) is 0 Å². The second-order valence-electron chi connectivity index (χ2n) is 2.69. The number of hydrogen-bond acceptors (Lipinski definition) is 4. The van der Waals surface area contributed by atoms with Gasteiger partial charge in [0.2, 0.25) is 5.91 Å². The first-order valence-corrected chi connectivity index (χ1v) is 6.78. The van der Waals surface area contributed by atoms with Crippen molar-refractivity contribution in [2.45, 2.75) is 6.92 Å². The summed E-state index contributed by atoms with van der Waals surface area (Å²) in [6.07, 6.45) is 0. The summed E-state index contributed by atoms with van der Waals surface area (Å²) in [4.78, 5) is 12.6. The minimum Gasteiger partial charge on any atom is -0.345 e. The maximum absolute atomic E-state index is 10.8. The van der Waals surface area contributed by atoms with Crippen molar-refractivity contribution in [3.05, 3.63) is 0 Å². The molecule has 1 N–H and O–H groups in total. The highest BCUT2D eigenvalue weighted by molar-refractivity contribution is 8.76. The zero-order valence-electron chi connectivity index (χ0n) is 8.50. The van der Waals surface area contributed by atoms with Crippen LogP contribution in [0, 0.1) is 0 Å². The highest BCUT2D eigenvalue weighted by Crippen LogP contribution is 2.19. The Bertz CT molecular complexity index is 144. The zero-order valence-corrected chi connectivity index (χ0v) is 10.1. The van der Waals surface area contributed by atoms with E-state index in [-0.39, 0.29) is 5.91 Å². The van der Waals surface area contributed by atoms with E-state index in [1.54, 1.807) is 11.8 Å². The lowest BCUT2D eigenvalue weighted by Crippen LogP contribution is -2.25. The Morgan fingerprint density at radius 2 is 2.00 bits per heavy atom. The maximum Gasteiger partial charge on any atom is 0.219 e. The predicted molar refractivity (Wildman–Crippen MR) is 62.2 cm³/mol. The Morgan fingerprint density at radius 1 is 1.38 bits per heavy atom. The van der Waals surface area contributed by atoms with Gasteiger partial charge in [0.05, 0.1) is 0 Å². The largest absolute Gasteiger partial charge is 0.345 e. The van der Waals surface area contributed by atoms with Crippen molar-refractivity contribution >= 4 is 27.5 Å². The van der Waals surface area contributed by atoms with Crippen LogP contribution in [0.3, 0.4) is 0 Å². The van der Waals surface area contributed by atoms with Gasteiger partial charge in [0.25, 0.3) is 0 Å². The molecule has 0 fully saturated rings. The van der Waals surface area contributed by atoms with Gasteiger partial charge in [-0.05, 0) is 7.05 Å². The van der Waals surface area contributed by atoms with Crippen LogP contribution >= 0.6 is 21.6 Å². The van der Waals surface area contributed by atoms with Crippen molar-refractivity contribution in [2.75, 3.05) is 38.7 Å². The molecular weight excluding hydrogens is 204 g/mol. The van der Waals surface area contributed by atoms with Crippen LogP contribution < -0.4 is 5.32 Å². The first-order valence-electron chi connectivity index (χ1n) is 4.29. The quantitative estimate of drug-likeness (QED) is 0.516. The molecule has 13 heavy (non-hydrogen) atoms. The predicted octanol–water partition coefficient (Wildman–Crippen LogP) is 1.07. The summed E-state index contributed by atoms with van der Waals surface area (Å²) < 4.78 is 0. The third-order valence-corrected chi connectivity index (χ3v) is 3.95. The van der Waals surface area contributed by atoms with Gasteiger partial charge >= 0.3 is 0 Å². The lowest BCUT2D eigenvalue weighted by molar-refractivity contribution is -0.127. The van der Waals surface area contributed by atoms with Gasteiger partial charge in [-0.1, -0.05) is 21.6 Å². The summed E-state index contributed by atoms with van der Waals surface area (Å²) in [6.45, 7) is 3.48. The van der Waals surface area contributed by atoms with E-state index < -0.39 is 0 Å². The van der Waals surface area contributed by atoms with Crippen LogP contribution in [0.15, 0.2) is 0 Å². The Labute approximate surface area is 88.4 Å². The molecule has 0 heterocycles. The second kappa shape index (κ2) is 8.72. The molecule has 0 aromatic rings. The summed E-state index contributed by atoms with van der Waals surface area (Å²) >= 11 is 0. The molecule has 78 valence electrons. The molecule has 0 saturated heterocycles. The summed E-state index contributed by atoms with van der Waals surface area (Å²) in [7, 11) is 7.46. The van der Waals surface area contributed by atoms with Crippen LogP contribution in [0.5, 0.6) is 0 Å². The summed E-state index contributed by atoms with van der Waals surface area (Å²) in [5, 5.41) is 3.09. The van der Waals surface area contributed by atoms with E-state index in [1.807, 2.05) is 35.7 Å². The number of nitrogens with one attached hydrogen (secondary N) is 1. The SMILES string of the molecule is CNCCSSCCN(C)C(C)=O. The molecule has 0 aromatic heterocycles. The van der Waals surface area contributed by atoms with Gasteiger partial charge in [-0.15, -0.1) is 0 Å². The van der Waals surface area contributed by atoms with E-state index in [2.05, 4.69) is 5.32 Å². The summed E-state index contributed by atoms with van der Waals surface area (Å²) in [5.41, 5.74) is 0. The van der Waals surface area contributed by atoms with Crippen molar-refractivity contribution < 1.29 is 4.79 Å². The van der Waals surface area contributed by atoms with Gasteiger partial charge in [0.1, 0.15) is 0 Å². The van der Waals surface area contributed by atoms with Crippen molar-refractivity contribution in [2.24, 2.45) is 0 Å². The molecule has 0 rings (SSSR count). The first-order chi connectivity index (χ1) is 6.18. The van der Waals surface area contributed by atoms with E-state index >= 15 is 0 Å². The zero-order chi connectivity index (χ0) is 10.1. The average Bonchev–Trinajstić information content (AvgIpc) is 2.10. The number of rotatable bonds is 7. The Hall–Kier alpha value is 0.130. The highest BCUT2D eigenvalue weighted by Gasteiger charge is 2.00. The molecule has 5 heteroatoms. The monoisotopic (exact) mass is 222 g/mol. The smallest absolute Gasteiger partial charge is 0.219 e. The van der Waals surface area contributed by atoms with Crippen molar-refractivity contribution in [1.82, 2.24) is 10.2 Å². The van der Waals surface area contributed by atoms with Crippen LogP contribution in [-0.4, -0.2) is 49.5 Å². The molecule has 0 aliphatic rings. The van der Waals surface area contributed by atoms with Crippen molar-refractivity contribution in [3.63, 3.8) is 0 Å². The van der Waals surface area contributed by atoms with Crippen molar-refractivity contribution in [3.8, 4) is 0 Å². The molecule has 0 atom stereocenters.